The molecular weight excluding hydrogens is 389 g/mol. The standard InChI is InChI=1S/C18H21ClFN5OS/c1-12-16(10-22-23-18(27)21-9-15-3-2-8-26-15)17(19)25(24-12)11-13-4-6-14(20)7-5-13/h4-7,10,15H,2-3,8-9,11H2,1H3,(H2,21,23,27). The molecule has 0 radical (unpaired) electrons. The van der Waals surface area contributed by atoms with E-state index in [2.05, 4.69) is 20.9 Å². The van der Waals surface area contributed by atoms with E-state index in [9.17, 15) is 4.39 Å². The Morgan fingerprint density at radius 3 is 2.96 bits per heavy atom. The van der Waals surface area contributed by atoms with Crippen molar-refractivity contribution in [3.8, 4) is 0 Å². The molecule has 0 bridgehead atoms. The van der Waals surface area contributed by atoms with Gasteiger partial charge < -0.3 is 10.1 Å². The second-order valence-electron chi connectivity index (χ2n) is 6.29. The molecule has 9 heteroatoms. The molecule has 6 nitrogen and oxygen atoms in total. The summed E-state index contributed by atoms with van der Waals surface area (Å²) < 4.78 is 20.2. The first kappa shape index (κ1) is 19.7. The van der Waals surface area contributed by atoms with Crippen LogP contribution >= 0.6 is 23.8 Å². The average Bonchev–Trinajstić information content (AvgIpc) is 3.26. The van der Waals surface area contributed by atoms with E-state index < -0.39 is 0 Å². The molecular formula is C18H21ClFN5OS. The Hall–Kier alpha value is -2.03. The second kappa shape index (κ2) is 9.25. The van der Waals surface area contributed by atoms with Crippen LogP contribution in [0.5, 0.6) is 0 Å². The van der Waals surface area contributed by atoms with Gasteiger partial charge in [-0.15, -0.1) is 0 Å². The third kappa shape index (κ3) is 5.47. The Labute approximate surface area is 167 Å². The predicted octanol–water partition coefficient (Wildman–Crippen LogP) is 3.01. The Morgan fingerprint density at radius 1 is 1.48 bits per heavy atom. The molecule has 1 aromatic heterocycles. The molecule has 0 amide bonds. The smallest absolute Gasteiger partial charge is 0.187 e. The van der Waals surface area contributed by atoms with E-state index in [1.165, 1.54) is 12.1 Å². The number of hydrogen-bond donors (Lipinski definition) is 2. The SMILES string of the molecule is Cc1nn(Cc2ccc(F)cc2)c(Cl)c1C=NNC(=S)NCC1CCCO1. The highest BCUT2D eigenvalue weighted by Crippen LogP contribution is 2.19. The summed E-state index contributed by atoms with van der Waals surface area (Å²) in [6, 6.07) is 6.24. The fourth-order valence-electron chi connectivity index (χ4n) is 2.79. The minimum atomic E-state index is -0.274. The van der Waals surface area contributed by atoms with Crippen molar-refractivity contribution in [1.29, 1.82) is 0 Å². The van der Waals surface area contributed by atoms with Crippen molar-refractivity contribution in [2.45, 2.75) is 32.4 Å². The summed E-state index contributed by atoms with van der Waals surface area (Å²) in [6.45, 7) is 3.77. The van der Waals surface area contributed by atoms with Crippen molar-refractivity contribution in [2.75, 3.05) is 13.2 Å². The van der Waals surface area contributed by atoms with Crippen LogP contribution in [-0.4, -0.2) is 40.4 Å². The maximum Gasteiger partial charge on any atom is 0.187 e. The number of benzene rings is 1. The van der Waals surface area contributed by atoms with Crippen molar-refractivity contribution in [3.05, 3.63) is 52.1 Å². The van der Waals surface area contributed by atoms with Crippen LogP contribution in [0.3, 0.4) is 0 Å². The summed E-state index contributed by atoms with van der Waals surface area (Å²) in [6.07, 6.45) is 3.92. The van der Waals surface area contributed by atoms with Gasteiger partial charge in [-0.25, -0.2) is 9.07 Å². The number of aryl methyl sites for hydroxylation is 1. The normalized spacial score (nSPS) is 16.8. The summed E-state index contributed by atoms with van der Waals surface area (Å²) in [5.74, 6) is -0.274. The molecule has 1 fully saturated rings. The number of hydrazone groups is 1. The predicted molar refractivity (Wildman–Crippen MR) is 108 cm³/mol. The van der Waals surface area contributed by atoms with Gasteiger partial charge in [0.15, 0.2) is 5.11 Å². The largest absolute Gasteiger partial charge is 0.376 e. The molecule has 1 unspecified atom stereocenters. The summed E-state index contributed by atoms with van der Waals surface area (Å²) >= 11 is 11.6. The summed E-state index contributed by atoms with van der Waals surface area (Å²) in [5.41, 5.74) is 5.12. The lowest BCUT2D eigenvalue weighted by atomic mass is 10.2. The zero-order valence-electron chi connectivity index (χ0n) is 14.9. The highest BCUT2D eigenvalue weighted by atomic mass is 35.5. The van der Waals surface area contributed by atoms with Crippen molar-refractivity contribution in [2.24, 2.45) is 5.10 Å². The molecule has 0 spiro atoms. The Morgan fingerprint density at radius 2 is 2.26 bits per heavy atom. The van der Waals surface area contributed by atoms with Crippen LogP contribution in [-0.2, 0) is 11.3 Å². The lowest BCUT2D eigenvalue weighted by Crippen LogP contribution is -2.37. The van der Waals surface area contributed by atoms with Gasteiger partial charge in [-0.3, -0.25) is 5.43 Å². The average molecular weight is 410 g/mol. The number of hydrogen-bond acceptors (Lipinski definition) is 4. The van der Waals surface area contributed by atoms with E-state index >= 15 is 0 Å². The third-order valence-electron chi connectivity index (χ3n) is 4.23. The quantitative estimate of drug-likeness (QED) is 0.436. The van der Waals surface area contributed by atoms with Gasteiger partial charge in [0.05, 0.1) is 30.1 Å². The number of nitrogens with one attached hydrogen (secondary N) is 2. The number of aromatic nitrogens is 2. The molecule has 1 aromatic carbocycles. The van der Waals surface area contributed by atoms with Crippen LogP contribution in [0.25, 0.3) is 0 Å². The van der Waals surface area contributed by atoms with Crippen molar-refractivity contribution >= 4 is 35.1 Å². The highest BCUT2D eigenvalue weighted by Gasteiger charge is 2.15. The fraction of sp³-hybridized carbons (Fsp3) is 0.389. The molecule has 2 heterocycles. The van der Waals surface area contributed by atoms with Crippen LogP contribution < -0.4 is 10.7 Å². The van der Waals surface area contributed by atoms with Crippen molar-refractivity contribution in [1.82, 2.24) is 20.5 Å². The Balaban J connectivity index is 1.56. The van der Waals surface area contributed by atoms with E-state index in [-0.39, 0.29) is 11.9 Å². The first-order chi connectivity index (χ1) is 13.0. The molecule has 1 atom stereocenters. The topological polar surface area (TPSA) is 63.5 Å². The second-order valence-corrected chi connectivity index (χ2v) is 7.06. The summed E-state index contributed by atoms with van der Waals surface area (Å²) in [7, 11) is 0. The fourth-order valence-corrected chi connectivity index (χ4v) is 3.21. The zero-order valence-corrected chi connectivity index (χ0v) is 16.5. The Bertz CT molecular complexity index is 818. The first-order valence-corrected chi connectivity index (χ1v) is 9.47. The lowest BCUT2D eigenvalue weighted by molar-refractivity contribution is 0.114. The van der Waals surface area contributed by atoms with Gasteiger partial charge in [0.2, 0.25) is 0 Å². The van der Waals surface area contributed by atoms with Gasteiger partial charge >= 0.3 is 0 Å². The maximum absolute atomic E-state index is 13.0. The van der Waals surface area contributed by atoms with Crippen LogP contribution in [0, 0.1) is 12.7 Å². The van der Waals surface area contributed by atoms with Gasteiger partial charge in [-0.2, -0.15) is 10.2 Å². The number of nitrogens with zero attached hydrogens (tertiary/aromatic N) is 3. The lowest BCUT2D eigenvalue weighted by Gasteiger charge is -2.11. The number of halogens is 2. The van der Waals surface area contributed by atoms with E-state index in [1.807, 2.05) is 6.92 Å². The number of thiocarbonyl (C=S) groups is 1. The van der Waals surface area contributed by atoms with Gasteiger partial charge in [-0.1, -0.05) is 23.7 Å². The van der Waals surface area contributed by atoms with E-state index in [0.717, 1.165) is 30.7 Å². The summed E-state index contributed by atoms with van der Waals surface area (Å²) in [4.78, 5) is 0. The van der Waals surface area contributed by atoms with Gasteiger partial charge in [0.1, 0.15) is 11.0 Å². The molecule has 144 valence electrons. The van der Waals surface area contributed by atoms with Crippen LogP contribution in [0.4, 0.5) is 4.39 Å². The molecule has 27 heavy (non-hydrogen) atoms. The van der Waals surface area contributed by atoms with Gasteiger partial charge in [-0.05, 0) is 49.7 Å². The molecule has 0 aliphatic carbocycles. The molecule has 0 saturated carbocycles. The molecule has 1 saturated heterocycles. The van der Waals surface area contributed by atoms with E-state index in [0.29, 0.717) is 28.9 Å². The van der Waals surface area contributed by atoms with Crippen LogP contribution in [0.2, 0.25) is 5.15 Å². The first-order valence-electron chi connectivity index (χ1n) is 8.69. The van der Waals surface area contributed by atoms with Crippen LogP contribution in [0.1, 0.15) is 29.7 Å². The molecule has 1 aliphatic heterocycles. The van der Waals surface area contributed by atoms with Crippen molar-refractivity contribution in [3.63, 3.8) is 0 Å². The van der Waals surface area contributed by atoms with Crippen molar-refractivity contribution < 1.29 is 9.13 Å². The van der Waals surface area contributed by atoms with Gasteiger partial charge in [0.25, 0.3) is 0 Å². The molecule has 2 aromatic rings. The number of ether oxygens (including phenoxy) is 1. The van der Waals surface area contributed by atoms with E-state index in [1.54, 1.807) is 23.0 Å². The molecule has 2 N–H and O–H groups in total. The monoisotopic (exact) mass is 409 g/mol. The minimum Gasteiger partial charge on any atom is -0.376 e. The third-order valence-corrected chi connectivity index (χ3v) is 4.86. The minimum absolute atomic E-state index is 0.204. The number of rotatable bonds is 6. The van der Waals surface area contributed by atoms with E-state index in [4.69, 9.17) is 28.6 Å². The zero-order chi connectivity index (χ0) is 19.2. The highest BCUT2D eigenvalue weighted by molar-refractivity contribution is 7.80. The molecule has 3 rings (SSSR count). The molecule has 1 aliphatic rings. The summed E-state index contributed by atoms with van der Waals surface area (Å²) in [5, 5.41) is 12.5. The maximum atomic E-state index is 13.0. The Kier molecular flexibility index (Phi) is 6.76. The van der Waals surface area contributed by atoms with Crippen LogP contribution in [0.15, 0.2) is 29.4 Å². The van der Waals surface area contributed by atoms with Gasteiger partial charge in [0, 0.05) is 13.2 Å².